The van der Waals surface area contributed by atoms with E-state index in [1.165, 1.54) is 7.11 Å². The molecule has 31 heavy (non-hydrogen) atoms. The molecular weight excluding hydrogens is 451 g/mol. The fourth-order valence-electron chi connectivity index (χ4n) is 3.62. The predicted molar refractivity (Wildman–Crippen MR) is 125 cm³/mol. The number of ether oxygens (including phenoxy) is 1. The predicted octanol–water partition coefficient (Wildman–Crippen LogP) is 4.77. The summed E-state index contributed by atoms with van der Waals surface area (Å²) in [5, 5.41) is 2.16. The van der Waals surface area contributed by atoms with E-state index in [9.17, 15) is 4.79 Å². The van der Waals surface area contributed by atoms with Crippen molar-refractivity contribution in [2.75, 3.05) is 7.11 Å². The van der Waals surface area contributed by atoms with Crippen LogP contribution in [0, 0.1) is 0 Å². The molecule has 5 nitrogen and oxygen atoms in total. The van der Waals surface area contributed by atoms with E-state index in [4.69, 9.17) is 9.15 Å². The van der Waals surface area contributed by atoms with Gasteiger partial charge in [0, 0.05) is 0 Å². The SMILES string of the molecule is COC(=O)CCCCC[AsH]c1ncnc2oc(-c3ccccc3)c(-c3ccccc3)c12. The number of carbonyl (C=O) groups is 1. The zero-order chi connectivity index (χ0) is 21.5. The quantitative estimate of drug-likeness (QED) is 0.198. The molecule has 158 valence electrons. The van der Waals surface area contributed by atoms with Gasteiger partial charge in [0.05, 0.1) is 0 Å². The number of hydrogen-bond donors (Lipinski definition) is 0. The Hall–Kier alpha value is -2.91. The summed E-state index contributed by atoms with van der Waals surface area (Å²) in [4.78, 5) is 20.4. The Morgan fingerprint density at radius 2 is 1.65 bits per heavy atom. The van der Waals surface area contributed by atoms with Crippen molar-refractivity contribution in [2.24, 2.45) is 0 Å². The van der Waals surface area contributed by atoms with Crippen LogP contribution in [0.4, 0.5) is 0 Å². The summed E-state index contributed by atoms with van der Waals surface area (Å²) in [6, 6.07) is 20.5. The first-order chi connectivity index (χ1) is 15.3. The topological polar surface area (TPSA) is 65.2 Å². The molecule has 4 rings (SSSR count). The van der Waals surface area contributed by atoms with Crippen LogP contribution in [-0.4, -0.2) is 38.8 Å². The van der Waals surface area contributed by atoms with Crippen LogP contribution in [0.3, 0.4) is 0 Å². The van der Waals surface area contributed by atoms with Crippen LogP contribution in [0.25, 0.3) is 33.6 Å². The van der Waals surface area contributed by atoms with E-state index in [0.29, 0.717) is 12.1 Å². The minimum absolute atomic E-state index is 0.132. The van der Waals surface area contributed by atoms with Crippen LogP contribution >= 0.6 is 0 Å². The first-order valence-corrected chi connectivity index (χ1v) is 13.0. The first kappa shape index (κ1) is 21.3. The summed E-state index contributed by atoms with van der Waals surface area (Å²) in [6.07, 6.45) is 5.10. The number of fused-ring (bicyclic) bond motifs is 1. The van der Waals surface area contributed by atoms with Crippen LogP contribution in [0.1, 0.15) is 25.7 Å². The average molecular weight is 476 g/mol. The van der Waals surface area contributed by atoms with Crippen molar-refractivity contribution in [3.05, 3.63) is 67.0 Å². The van der Waals surface area contributed by atoms with Gasteiger partial charge < -0.3 is 0 Å². The van der Waals surface area contributed by atoms with E-state index in [2.05, 4.69) is 34.2 Å². The number of carbonyl (C=O) groups excluding carboxylic acids is 1. The Morgan fingerprint density at radius 3 is 2.35 bits per heavy atom. The third kappa shape index (κ3) is 5.05. The summed E-state index contributed by atoms with van der Waals surface area (Å²) in [5.41, 5.74) is 3.87. The fourth-order valence-corrected chi connectivity index (χ4v) is 6.18. The van der Waals surface area contributed by atoms with Crippen LogP contribution in [-0.2, 0) is 9.53 Å². The number of hydrogen-bond acceptors (Lipinski definition) is 5. The average Bonchev–Trinajstić information content (AvgIpc) is 3.22. The molecule has 0 saturated carbocycles. The van der Waals surface area contributed by atoms with E-state index in [1.54, 1.807) is 6.33 Å². The van der Waals surface area contributed by atoms with Gasteiger partial charge in [0.1, 0.15) is 0 Å². The summed E-state index contributed by atoms with van der Waals surface area (Å²) in [6.45, 7) is 0. The van der Waals surface area contributed by atoms with Gasteiger partial charge in [0.15, 0.2) is 0 Å². The summed E-state index contributed by atoms with van der Waals surface area (Å²) in [7, 11) is 1.44. The van der Waals surface area contributed by atoms with Crippen LogP contribution in [0.5, 0.6) is 0 Å². The number of methoxy groups -OCH3 is 1. The molecular formula is C25H25AsN2O3. The van der Waals surface area contributed by atoms with Gasteiger partial charge in [-0.25, -0.2) is 0 Å². The number of benzene rings is 2. The molecule has 1 atom stereocenters. The van der Waals surface area contributed by atoms with Gasteiger partial charge in [-0.15, -0.1) is 0 Å². The van der Waals surface area contributed by atoms with Gasteiger partial charge in [-0.3, -0.25) is 0 Å². The zero-order valence-corrected chi connectivity index (χ0v) is 19.6. The molecule has 1 unspecified atom stereocenters. The van der Waals surface area contributed by atoms with Crippen molar-refractivity contribution in [3.63, 3.8) is 0 Å². The summed E-state index contributed by atoms with van der Waals surface area (Å²) in [5.74, 6) is 0.709. The van der Waals surface area contributed by atoms with Gasteiger partial charge in [-0.05, 0) is 0 Å². The van der Waals surface area contributed by atoms with Crippen molar-refractivity contribution in [3.8, 4) is 22.5 Å². The Morgan fingerprint density at radius 1 is 0.935 bits per heavy atom. The van der Waals surface area contributed by atoms with Crippen molar-refractivity contribution in [1.29, 1.82) is 0 Å². The molecule has 4 aromatic rings. The number of rotatable bonds is 9. The summed E-state index contributed by atoms with van der Waals surface area (Å²) < 4.78 is 12.1. The molecule has 2 heterocycles. The Bertz CT molecular complexity index is 1140. The first-order valence-electron chi connectivity index (χ1n) is 10.5. The van der Waals surface area contributed by atoms with E-state index >= 15 is 0 Å². The molecule has 0 bridgehead atoms. The molecule has 0 amide bonds. The zero-order valence-electron chi connectivity index (χ0n) is 17.5. The minimum atomic E-state index is -0.462. The second-order valence-corrected chi connectivity index (χ2v) is 10.0. The van der Waals surface area contributed by atoms with Crippen LogP contribution < -0.4 is 4.48 Å². The molecule has 0 aliphatic heterocycles. The maximum atomic E-state index is 11.3. The Kier molecular flexibility index (Phi) is 7.16. The van der Waals surface area contributed by atoms with E-state index in [1.807, 2.05) is 36.4 Å². The van der Waals surface area contributed by atoms with Gasteiger partial charge in [-0.1, -0.05) is 0 Å². The number of aromatic nitrogens is 2. The molecule has 0 saturated heterocycles. The Labute approximate surface area is 188 Å². The van der Waals surface area contributed by atoms with Crippen molar-refractivity contribution in [2.45, 2.75) is 30.9 Å². The van der Waals surface area contributed by atoms with Crippen molar-refractivity contribution < 1.29 is 13.9 Å². The number of esters is 1. The molecule has 0 N–H and O–H groups in total. The maximum absolute atomic E-state index is 11.3. The van der Waals surface area contributed by atoms with Crippen molar-refractivity contribution >= 4 is 37.3 Å². The fraction of sp³-hybridized carbons (Fsp3) is 0.240. The van der Waals surface area contributed by atoms with E-state index in [0.717, 1.165) is 56.8 Å². The molecule has 0 radical (unpaired) electrons. The number of furan rings is 1. The third-order valence-corrected chi connectivity index (χ3v) is 7.93. The number of nitrogens with zero attached hydrogens (tertiary/aromatic N) is 2. The molecule has 0 aliphatic carbocycles. The van der Waals surface area contributed by atoms with Gasteiger partial charge in [0.25, 0.3) is 0 Å². The van der Waals surface area contributed by atoms with Crippen molar-refractivity contribution in [1.82, 2.24) is 9.97 Å². The normalized spacial score (nSPS) is 11.4. The molecule has 0 fully saturated rings. The molecule has 6 heteroatoms. The third-order valence-electron chi connectivity index (χ3n) is 5.16. The summed E-state index contributed by atoms with van der Waals surface area (Å²) >= 11 is -0.462. The second kappa shape index (κ2) is 10.4. The Balaban J connectivity index is 1.63. The van der Waals surface area contributed by atoms with E-state index in [-0.39, 0.29) is 5.97 Å². The molecule has 0 aliphatic rings. The molecule has 2 aromatic carbocycles. The second-order valence-electron chi connectivity index (χ2n) is 7.25. The van der Waals surface area contributed by atoms with Gasteiger partial charge >= 0.3 is 189 Å². The van der Waals surface area contributed by atoms with Crippen LogP contribution in [0.15, 0.2) is 71.4 Å². The van der Waals surface area contributed by atoms with Gasteiger partial charge in [-0.2, -0.15) is 0 Å². The standard InChI is InChI=1S/C25H25AsN2O3/c1-30-20(29)15-9-4-10-16-26-24-22-21(18-11-5-2-6-12-18)23(19-13-7-3-8-14-19)31-25(22)28-17-27-24/h2-3,5-8,11-14,17,26H,4,9-10,15-16H2,1H3. The van der Waals surface area contributed by atoms with E-state index < -0.39 is 15.8 Å². The van der Waals surface area contributed by atoms with Gasteiger partial charge in [0.2, 0.25) is 0 Å². The van der Waals surface area contributed by atoms with Crippen LogP contribution in [0.2, 0.25) is 5.21 Å². The molecule has 2 aromatic heterocycles. The number of unbranched alkanes of at least 4 members (excludes halogenated alkanes) is 2. The monoisotopic (exact) mass is 476 g/mol. The molecule has 0 spiro atoms.